The van der Waals surface area contributed by atoms with Crippen molar-refractivity contribution in [2.75, 3.05) is 5.32 Å². The zero-order valence-corrected chi connectivity index (χ0v) is 18.4. The van der Waals surface area contributed by atoms with Gasteiger partial charge in [-0.25, -0.2) is 0 Å². The van der Waals surface area contributed by atoms with Crippen LogP contribution in [0.1, 0.15) is 35.1 Å². The molecular formula is C29H24ClNO. The Hall–Kier alpha value is -3.23. The van der Waals surface area contributed by atoms with Gasteiger partial charge in [-0.05, 0) is 47.1 Å². The molecule has 0 radical (unpaired) electrons. The average Bonchev–Trinajstić information content (AvgIpc) is 3.33. The molecule has 0 saturated carbocycles. The fraction of sp³-hybridized carbons (Fsp3) is 0.172. The van der Waals surface area contributed by atoms with Crippen molar-refractivity contribution in [2.24, 2.45) is 5.92 Å². The summed E-state index contributed by atoms with van der Waals surface area (Å²) in [7, 11) is 0. The van der Waals surface area contributed by atoms with Gasteiger partial charge in [-0.2, -0.15) is 0 Å². The molecule has 3 heteroatoms. The molecule has 1 aliphatic carbocycles. The molecule has 0 bridgehead atoms. The van der Waals surface area contributed by atoms with E-state index in [4.69, 9.17) is 16.3 Å². The van der Waals surface area contributed by atoms with E-state index in [1.54, 1.807) is 0 Å². The van der Waals surface area contributed by atoms with Crippen molar-refractivity contribution in [3.63, 3.8) is 0 Å². The van der Waals surface area contributed by atoms with Crippen LogP contribution < -0.4 is 10.1 Å². The summed E-state index contributed by atoms with van der Waals surface area (Å²) in [6, 6.07) is 29.8. The number of rotatable bonds is 4. The number of hydrogen-bond acceptors (Lipinski definition) is 2. The van der Waals surface area contributed by atoms with E-state index in [-0.39, 0.29) is 6.04 Å². The number of anilines is 1. The molecule has 6 rings (SSSR count). The van der Waals surface area contributed by atoms with Crippen molar-refractivity contribution in [2.45, 2.75) is 25.0 Å². The van der Waals surface area contributed by atoms with Gasteiger partial charge in [0.1, 0.15) is 12.4 Å². The number of nitrogens with one attached hydrogen (secondary N) is 1. The van der Waals surface area contributed by atoms with Gasteiger partial charge in [0.2, 0.25) is 0 Å². The number of fused-ring (bicyclic) bond motifs is 5. The van der Waals surface area contributed by atoms with Gasteiger partial charge in [-0.15, -0.1) is 0 Å². The lowest BCUT2D eigenvalue weighted by atomic mass is 9.76. The minimum atomic E-state index is 0.269. The molecule has 1 aliphatic heterocycles. The molecule has 2 nitrogen and oxygen atoms in total. The van der Waals surface area contributed by atoms with Crippen LogP contribution in [0.25, 0.3) is 10.8 Å². The monoisotopic (exact) mass is 437 g/mol. The lowest BCUT2D eigenvalue weighted by molar-refractivity contribution is 0.306. The standard InChI is InChI=1S/C29H24ClNO/c30-27-11-4-2-7-21(27)18-32-22-15-12-20(13-16-22)28-25-10-5-9-24(25)26-17-14-19-6-1-3-8-23(19)29(26)31-28/h1-9,11-17,24-25,28,31H,10,18H2/t24-,25+,28+/m1/s1. The van der Waals surface area contributed by atoms with Crippen LogP contribution in [0.15, 0.2) is 97.1 Å². The molecule has 2 aliphatic rings. The molecule has 3 atom stereocenters. The van der Waals surface area contributed by atoms with E-state index in [0.29, 0.717) is 18.4 Å². The summed E-state index contributed by atoms with van der Waals surface area (Å²) >= 11 is 6.26. The van der Waals surface area contributed by atoms with Gasteiger partial charge in [0.25, 0.3) is 0 Å². The van der Waals surface area contributed by atoms with E-state index in [1.165, 1.54) is 27.6 Å². The Bertz CT molecular complexity index is 1310. The first-order chi connectivity index (χ1) is 15.8. The maximum Gasteiger partial charge on any atom is 0.119 e. The molecule has 0 amide bonds. The van der Waals surface area contributed by atoms with Crippen LogP contribution in [-0.2, 0) is 6.61 Å². The minimum Gasteiger partial charge on any atom is -0.489 e. The van der Waals surface area contributed by atoms with Crippen molar-refractivity contribution >= 4 is 28.1 Å². The predicted molar refractivity (Wildman–Crippen MR) is 133 cm³/mol. The maximum absolute atomic E-state index is 6.26. The number of benzene rings is 4. The van der Waals surface area contributed by atoms with Gasteiger partial charge in [0.15, 0.2) is 0 Å². The summed E-state index contributed by atoms with van der Waals surface area (Å²) in [6.07, 6.45) is 5.84. The first-order valence-corrected chi connectivity index (χ1v) is 11.6. The summed E-state index contributed by atoms with van der Waals surface area (Å²) in [5.74, 6) is 1.84. The van der Waals surface area contributed by atoms with Crippen molar-refractivity contribution in [3.05, 3.63) is 119 Å². The van der Waals surface area contributed by atoms with Crippen LogP contribution in [-0.4, -0.2) is 0 Å². The second-order valence-electron chi connectivity index (χ2n) is 8.68. The lowest BCUT2D eigenvalue weighted by Gasteiger charge is -2.38. The Morgan fingerprint density at radius 1 is 0.875 bits per heavy atom. The van der Waals surface area contributed by atoms with Crippen molar-refractivity contribution in [1.29, 1.82) is 0 Å². The molecule has 4 aromatic carbocycles. The Kier molecular flexibility index (Phi) is 4.88. The third-order valence-electron chi connectivity index (χ3n) is 6.85. The van der Waals surface area contributed by atoms with Crippen molar-refractivity contribution in [3.8, 4) is 5.75 Å². The molecule has 1 N–H and O–H groups in total. The minimum absolute atomic E-state index is 0.269. The van der Waals surface area contributed by atoms with Crippen LogP contribution >= 0.6 is 11.6 Å². The third kappa shape index (κ3) is 3.36. The second kappa shape index (κ2) is 8.03. The maximum atomic E-state index is 6.26. The number of halogens is 1. The largest absolute Gasteiger partial charge is 0.489 e. The van der Waals surface area contributed by atoms with Crippen LogP contribution in [0.2, 0.25) is 5.02 Å². The fourth-order valence-corrected chi connectivity index (χ4v) is 5.41. The van der Waals surface area contributed by atoms with Gasteiger partial charge in [-0.3, -0.25) is 0 Å². The molecule has 0 saturated heterocycles. The van der Waals surface area contributed by atoms with E-state index in [1.807, 2.05) is 24.3 Å². The quantitative estimate of drug-likeness (QED) is 0.327. The zero-order valence-electron chi connectivity index (χ0n) is 17.7. The van der Waals surface area contributed by atoms with Gasteiger partial charge < -0.3 is 10.1 Å². The first kappa shape index (κ1) is 19.5. The number of allylic oxidation sites excluding steroid dienone is 2. The average molecular weight is 438 g/mol. The van der Waals surface area contributed by atoms with Crippen LogP contribution in [0.3, 0.4) is 0 Å². The third-order valence-corrected chi connectivity index (χ3v) is 7.22. The Morgan fingerprint density at radius 2 is 1.69 bits per heavy atom. The smallest absolute Gasteiger partial charge is 0.119 e. The summed E-state index contributed by atoms with van der Waals surface area (Å²) in [6.45, 7) is 0.467. The molecule has 1 heterocycles. The highest BCUT2D eigenvalue weighted by Gasteiger charge is 2.38. The number of hydrogen-bond donors (Lipinski definition) is 1. The molecule has 0 aromatic heterocycles. The van der Waals surface area contributed by atoms with Gasteiger partial charge in [-0.1, -0.05) is 90.5 Å². The van der Waals surface area contributed by atoms with Crippen LogP contribution in [0, 0.1) is 5.92 Å². The Morgan fingerprint density at radius 3 is 2.56 bits per heavy atom. The Balaban J connectivity index is 1.28. The molecule has 4 aromatic rings. The molecule has 0 spiro atoms. The van der Waals surface area contributed by atoms with Crippen LogP contribution in [0.4, 0.5) is 5.69 Å². The summed E-state index contributed by atoms with van der Waals surface area (Å²) in [5.41, 5.74) is 4.99. The highest BCUT2D eigenvalue weighted by molar-refractivity contribution is 6.31. The topological polar surface area (TPSA) is 21.3 Å². The van der Waals surface area contributed by atoms with Crippen molar-refractivity contribution < 1.29 is 4.74 Å². The van der Waals surface area contributed by atoms with E-state index < -0.39 is 0 Å². The summed E-state index contributed by atoms with van der Waals surface area (Å²) < 4.78 is 6.00. The normalized spacial score (nSPS) is 21.1. The fourth-order valence-electron chi connectivity index (χ4n) is 5.22. The highest BCUT2D eigenvalue weighted by atomic mass is 35.5. The van der Waals surface area contributed by atoms with Gasteiger partial charge >= 0.3 is 0 Å². The SMILES string of the molecule is Clc1ccccc1COc1ccc([C@@H]2Nc3c(ccc4ccccc34)[C@@H]3C=CC[C@@H]32)cc1. The highest BCUT2D eigenvalue weighted by Crippen LogP contribution is 2.51. The molecule has 158 valence electrons. The summed E-state index contributed by atoms with van der Waals surface area (Å²) in [4.78, 5) is 0. The van der Waals surface area contributed by atoms with E-state index >= 15 is 0 Å². The van der Waals surface area contributed by atoms with E-state index in [0.717, 1.165) is 22.8 Å². The van der Waals surface area contributed by atoms with E-state index in [9.17, 15) is 0 Å². The predicted octanol–water partition coefficient (Wildman–Crippen LogP) is 7.90. The van der Waals surface area contributed by atoms with E-state index in [2.05, 4.69) is 78.1 Å². The first-order valence-electron chi connectivity index (χ1n) is 11.2. The molecule has 32 heavy (non-hydrogen) atoms. The van der Waals surface area contributed by atoms with Gasteiger partial charge in [0.05, 0.1) is 6.04 Å². The van der Waals surface area contributed by atoms with Gasteiger partial charge in [0, 0.05) is 27.6 Å². The molecular weight excluding hydrogens is 414 g/mol. The second-order valence-corrected chi connectivity index (χ2v) is 9.08. The zero-order chi connectivity index (χ0) is 21.5. The Labute approximate surface area is 193 Å². The summed E-state index contributed by atoms with van der Waals surface area (Å²) in [5, 5.41) is 7.23. The number of ether oxygens (including phenoxy) is 1. The van der Waals surface area contributed by atoms with Crippen molar-refractivity contribution in [1.82, 2.24) is 0 Å². The van der Waals surface area contributed by atoms with Crippen LogP contribution in [0.5, 0.6) is 5.75 Å². The molecule has 0 fully saturated rings. The molecule has 0 unspecified atom stereocenters. The lowest BCUT2D eigenvalue weighted by Crippen LogP contribution is -2.29.